The second kappa shape index (κ2) is 9.51. The monoisotopic (exact) mass is 445 g/mol. The molecular weight excluding hydrogens is 422 g/mol. The van der Waals surface area contributed by atoms with Crippen molar-refractivity contribution in [1.82, 2.24) is 9.38 Å². The number of benzene rings is 3. The zero-order valence-corrected chi connectivity index (χ0v) is 18.8. The van der Waals surface area contributed by atoms with Gasteiger partial charge in [-0.25, -0.2) is 9.83 Å². The molecule has 0 unspecified atom stereocenters. The molecule has 3 aromatic carbocycles. The Morgan fingerprint density at radius 1 is 0.824 bits per heavy atom. The number of fused-ring (bicyclic) bond motifs is 1. The van der Waals surface area contributed by atoms with Crippen LogP contribution in [-0.4, -0.2) is 9.38 Å². The molecule has 34 heavy (non-hydrogen) atoms. The molecule has 0 N–H and O–H groups in total. The standard InChI is InChI=1S/C29H23N3O2/c1-21-17-24(12-15-27(21)33-20-23-10-13-25(30-2)14-11-23)26-18-32-16-6-9-28(29(32)31-26)34-19-22-7-4-3-5-8-22/h3-18H,19-20H2,1H3. The van der Waals surface area contributed by atoms with Gasteiger partial charge in [-0.3, -0.25) is 0 Å². The van der Waals surface area contributed by atoms with Crippen LogP contribution in [0.4, 0.5) is 5.69 Å². The summed E-state index contributed by atoms with van der Waals surface area (Å²) in [4.78, 5) is 8.27. The lowest BCUT2D eigenvalue weighted by molar-refractivity contribution is 0.304. The van der Waals surface area contributed by atoms with Crippen LogP contribution < -0.4 is 9.47 Å². The molecular formula is C29H23N3O2. The zero-order valence-electron chi connectivity index (χ0n) is 18.8. The predicted molar refractivity (Wildman–Crippen MR) is 133 cm³/mol. The van der Waals surface area contributed by atoms with Crippen molar-refractivity contribution in [3.8, 4) is 22.8 Å². The molecule has 5 heteroatoms. The molecule has 0 aliphatic heterocycles. The summed E-state index contributed by atoms with van der Waals surface area (Å²) < 4.78 is 14.1. The highest BCUT2D eigenvalue weighted by Crippen LogP contribution is 2.29. The predicted octanol–water partition coefficient (Wildman–Crippen LogP) is 7.02. The van der Waals surface area contributed by atoms with Crippen molar-refractivity contribution in [2.45, 2.75) is 20.1 Å². The molecule has 0 bridgehead atoms. The fourth-order valence-corrected chi connectivity index (χ4v) is 3.77. The summed E-state index contributed by atoms with van der Waals surface area (Å²) in [6, 6.07) is 27.6. The van der Waals surface area contributed by atoms with Gasteiger partial charge in [0.1, 0.15) is 19.0 Å². The maximum atomic E-state index is 7.05. The van der Waals surface area contributed by atoms with Crippen molar-refractivity contribution < 1.29 is 9.47 Å². The van der Waals surface area contributed by atoms with Crippen LogP contribution in [0.25, 0.3) is 21.7 Å². The topological polar surface area (TPSA) is 40.1 Å². The molecule has 0 radical (unpaired) electrons. The number of pyridine rings is 1. The highest BCUT2D eigenvalue weighted by atomic mass is 16.5. The molecule has 0 atom stereocenters. The highest BCUT2D eigenvalue weighted by Gasteiger charge is 2.11. The van der Waals surface area contributed by atoms with Gasteiger partial charge in [0.05, 0.1) is 12.3 Å². The van der Waals surface area contributed by atoms with Crippen LogP contribution in [-0.2, 0) is 13.2 Å². The van der Waals surface area contributed by atoms with Crippen LogP contribution in [0.1, 0.15) is 16.7 Å². The van der Waals surface area contributed by atoms with Gasteiger partial charge in [-0.1, -0.05) is 54.6 Å². The van der Waals surface area contributed by atoms with Gasteiger partial charge in [-0.2, -0.15) is 0 Å². The Balaban J connectivity index is 1.33. The second-order valence-electron chi connectivity index (χ2n) is 8.05. The summed E-state index contributed by atoms with van der Waals surface area (Å²) in [5.74, 6) is 1.58. The lowest BCUT2D eigenvalue weighted by atomic mass is 10.1. The van der Waals surface area contributed by atoms with Crippen LogP contribution >= 0.6 is 0 Å². The third kappa shape index (κ3) is 4.62. The number of imidazole rings is 1. The molecule has 2 aromatic heterocycles. The summed E-state index contributed by atoms with van der Waals surface area (Å²) in [6.07, 6.45) is 3.99. The SMILES string of the molecule is [C-]#[N+]c1ccc(COc2ccc(-c3cn4cccc(OCc5ccccc5)c4n3)cc2C)cc1. The second-order valence-corrected chi connectivity index (χ2v) is 8.05. The normalized spacial score (nSPS) is 10.7. The van der Waals surface area contributed by atoms with E-state index in [-0.39, 0.29) is 0 Å². The van der Waals surface area contributed by atoms with Crippen LogP contribution in [0.5, 0.6) is 11.5 Å². The summed E-state index contributed by atoms with van der Waals surface area (Å²) in [7, 11) is 0. The number of hydrogen-bond donors (Lipinski definition) is 0. The molecule has 0 aliphatic rings. The minimum Gasteiger partial charge on any atom is -0.489 e. The van der Waals surface area contributed by atoms with Crippen molar-refractivity contribution in [1.29, 1.82) is 0 Å². The third-order valence-corrected chi connectivity index (χ3v) is 5.61. The van der Waals surface area contributed by atoms with Gasteiger partial charge in [-0.15, -0.1) is 0 Å². The van der Waals surface area contributed by atoms with Crippen molar-refractivity contribution in [2.75, 3.05) is 0 Å². The molecule has 0 aliphatic carbocycles. The molecule has 0 saturated heterocycles. The number of hydrogen-bond acceptors (Lipinski definition) is 3. The quantitative estimate of drug-likeness (QED) is 0.253. The first kappa shape index (κ1) is 21.3. The molecule has 0 amide bonds. The van der Waals surface area contributed by atoms with E-state index in [9.17, 15) is 0 Å². The third-order valence-electron chi connectivity index (χ3n) is 5.61. The van der Waals surface area contributed by atoms with E-state index in [1.165, 1.54) is 0 Å². The van der Waals surface area contributed by atoms with E-state index >= 15 is 0 Å². The lowest BCUT2D eigenvalue weighted by Crippen LogP contribution is -1.97. The maximum absolute atomic E-state index is 7.05. The van der Waals surface area contributed by atoms with E-state index in [4.69, 9.17) is 21.0 Å². The van der Waals surface area contributed by atoms with Crippen molar-refractivity contribution in [3.05, 3.63) is 125 Å². The van der Waals surface area contributed by atoms with Gasteiger partial charge in [-0.05, 0) is 53.9 Å². The Bertz CT molecular complexity index is 1470. The molecule has 0 spiro atoms. The summed E-state index contributed by atoms with van der Waals surface area (Å²) in [5, 5.41) is 0. The number of aryl methyl sites for hydroxylation is 1. The Kier molecular flexibility index (Phi) is 5.96. The molecule has 2 heterocycles. The smallest absolute Gasteiger partial charge is 0.187 e. The van der Waals surface area contributed by atoms with E-state index in [2.05, 4.69) is 10.9 Å². The fourth-order valence-electron chi connectivity index (χ4n) is 3.77. The average molecular weight is 446 g/mol. The maximum Gasteiger partial charge on any atom is 0.187 e. The largest absolute Gasteiger partial charge is 0.489 e. The Morgan fingerprint density at radius 2 is 1.56 bits per heavy atom. The van der Waals surface area contributed by atoms with Crippen molar-refractivity contribution in [2.24, 2.45) is 0 Å². The average Bonchev–Trinajstić information content (AvgIpc) is 3.33. The van der Waals surface area contributed by atoms with Gasteiger partial charge in [0.25, 0.3) is 0 Å². The van der Waals surface area contributed by atoms with Crippen LogP contribution in [0.3, 0.4) is 0 Å². The molecule has 0 fully saturated rings. The molecule has 5 nitrogen and oxygen atoms in total. The molecule has 0 saturated carbocycles. The summed E-state index contributed by atoms with van der Waals surface area (Å²) >= 11 is 0. The fraction of sp³-hybridized carbons (Fsp3) is 0.103. The molecule has 5 rings (SSSR count). The van der Waals surface area contributed by atoms with E-state index < -0.39 is 0 Å². The number of aromatic nitrogens is 2. The van der Waals surface area contributed by atoms with Gasteiger partial charge >= 0.3 is 0 Å². The van der Waals surface area contributed by atoms with E-state index in [1.807, 2.05) is 103 Å². The van der Waals surface area contributed by atoms with Crippen LogP contribution in [0.15, 0.2) is 97.3 Å². The van der Waals surface area contributed by atoms with Crippen LogP contribution in [0, 0.1) is 13.5 Å². The van der Waals surface area contributed by atoms with Gasteiger partial charge in [0, 0.05) is 18.0 Å². The van der Waals surface area contributed by atoms with Crippen molar-refractivity contribution in [3.63, 3.8) is 0 Å². The van der Waals surface area contributed by atoms with Crippen LogP contribution in [0.2, 0.25) is 0 Å². The first-order valence-corrected chi connectivity index (χ1v) is 11.0. The minimum atomic E-state index is 0.453. The Labute approximate surface area is 198 Å². The minimum absolute atomic E-state index is 0.453. The molecule has 166 valence electrons. The highest BCUT2D eigenvalue weighted by molar-refractivity contribution is 5.67. The lowest BCUT2D eigenvalue weighted by Gasteiger charge is -2.10. The first-order chi connectivity index (χ1) is 16.7. The van der Waals surface area contributed by atoms with E-state index in [1.54, 1.807) is 0 Å². The Morgan fingerprint density at radius 3 is 2.29 bits per heavy atom. The van der Waals surface area contributed by atoms with E-state index in [0.717, 1.165) is 45.1 Å². The summed E-state index contributed by atoms with van der Waals surface area (Å²) in [5.41, 5.74) is 6.49. The first-order valence-electron chi connectivity index (χ1n) is 11.0. The Hall–Kier alpha value is -4.56. The molecule has 5 aromatic rings. The van der Waals surface area contributed by atoms with E-state index in [0.29, 0.717) is 18.9 Å². The van der Waals surface area contributed by atoms with Crippen molar-refractivity contribution >= 4 is 11.3 Å². The number of ether oxygens (including phenoxy) is 2. The van der Waals surface area contributed by atoms with Gasteiger partial charge in [0.2, 0.25) is 0 Å². The van der Waals surface area contributed by atoms with Gasteiger partial charge < -0.3 is 13.9 Å². The summed E-state index contributed by atoms with van der Waals surface area (Å²) in [6.45, 7) is 10.0. The number of rotatable bonds is 7. The number of nitrogens with zero attached hydrogens (tertiary/aromatic N) is 3. The zero-order chi connectivity index (χ0) is 23.3. The van der Waals surface area contributed by atoms with Gasteiger partial charge in [0.15, 0.2) is 17.1 Å².